The van der Waals surface area contributed by atoms with Gasteiger partial charge in [0.1, 0.15) is 11.6 Å². The van der Waals surface area contributed by atoms with Crippen molar-refractivity contribution < 1.29 is 13.6 Å². The second-order valence-corrected chi connectivity index (χ2v) is 10.3. The Morgan fingerprint density at radius 1 is 1.22 bits per heavy atom. The van der Waals surface area contributed by atoms with Gasteiger partial charge in [-0.1, -0.05) is 6.07 Å². The molecule has 2 saturated heterocycles. The van der Waals surface area contributed by atoms with Gasteiger partial charge in [-0.2, -0.15) is 5.10 Å². The number of halogens is 2. The number of amides is 2. The Kier molecular flexibility index (Phi) is 5.95. The first-order valence-electron chi connectivity index (χ1n) is 12.7. The lowest BCUT2D eigenvalue weighted by atomic mass is 9.85. The van der Waals surface area contributed by atoms with Crippen molar-refractivity contribution in [1.29, 1.82) is 0 Å². The second-order valence-electron chi connectivity index (χ2n) is 10.3. The number of hydrogen-bond acceptors (Lipinski definition) is 4. The van der Waals surface area contributed by atoms with Crippen LogP contribution in [0.5, 0.6) is 0 Å². The van der Waals surface area contributed by atoms with Crippen molar-refractivity contribution in [3.63, 3.8) is 0 Å². The van der Waals surface area contributed by atoms with E-state index in [-0.39, 0.29) is 23.7 Å². The van der Waals surface area contributed by atoms with E-state index in [0.29, 0.717) is 32.0 Å². The molecule has 9 heteroatoms. The smallest absolute Gasteiger partial charge is 0.317 e. The molecule has 2 fully saturated rings. The highest BCUT2D eigenvalue weighted by molar-refractivity contribution is 5.76. The highest BCUT2D eigenvalue weighted by atomic mass is 19.1. The van der Waals surface area contributed by atoms with E-state index in [4.69, 9.17) is 0 Å². The molecule has 2 amide bonds. The van der Waals surface area contributed by atoms with Crippen molar-refractivity contribution in [3.8, 4) is 11.3 Å². The molecule has 188 valence electrons. The van der Waals surface area contributed by atoms with Crippen molar-refractivity contribution in [2.75, 3.05) is 19.6 Å². The number of benzene rings is 1. The number of aryl methyl sites for hydroxylation is 1. The van der Waals surface area contributed by atoms with E-state index >= 15 is 0 Å². The number of pyridine rings is 1. The van der Waals surface area contributed by atoms with E-state index < -0.39 is 11.6 Å². The van der Waals surface area contributed by atoms with Gasteiger partial charge in [0.2, 0.25) is 0 Å². The molecule has 6 rings (SSSR count). The van der Waals surface area contributed by atoms with Gasteiger partial charge in [0.15, 0.2) is 0 Å². The number of aromatic nitrogens is 3. The van der Waals surface area contributed by atoms with Gasteiger partial charge >= 0.3 is 6.03 Å². The first-order chi connectivity index (χ1) is 17.5. The van der Waals surface area contributed by atoms with Gasteiger partial charge < -0.3 is 10.2 Å². The third-order valence-electron chi connectivity index (χ3n) is 8.04. The molecule has 1 aromatic carbocycles. The van der Waals surface area contributed by atoms with E-state index in [0.717, 1.165) is 54.0 Å². The fourth-order valence-electron chi connectivity index (χ4n) is 6.22. The topological polar surface area (TPSA) is 77.2 Å². The molecule has 0 radical (unpaired) electrons. The van der Waals surface area contributed by atoms with Gasteiger partial charge in [-0.25, -0.2) is 13.6 Å². The molecule has 4 atom stereocenters. The number of piperidine rings is 1. The summed E-state index contributed by atoms with van der Waals surface area (Å²) >= 11 is 0. The van der Waals surface area contributed by atoms with Gasteiger partial charge in [0.05, 0.1) is 12.2 Å². The monoisotopic (exact) mass is 492 g/mol. The average molecular weight is 493 g/mol. The maximum Gasteiger partial charge on any atom is 0.317 e. The third kappa shape index (κ3) is 4.25. The van der Waals surface area contributed by atoms with Crippen LogP contribution in [0.4, 0.5) is 13.6 Å². The molecule has 0 spiro atoms. The Hall–Kier alpha value is -3.33. The maximum atomic E-state index is 14.2. The maximum absolute atomic E-state index is 14.2. The summed E-state index contributed by atoms with van der Waals surface area (Å²) in [5.74, 6) is -0.640. The van der Waals surface area contributed by atoms with Gasteiger partial charge in [0, 0.05) is 65.9 Å². The van der Waals surface area contributed by atoms with Crippen molar-refractivity contribution in [3.05, 3.63) is 70.7 Å². The lowest BCUT2D eigenvalue weighted by Gasteiger charge is -2.39. The second kappa shape index (κ2) is 9.28. The van der Waals surface area contributed by atoms with E-state index in [9.17, 15) is 13.6 Å². The van der Waals surface area contributed by atoms with E-state index in [2.05, 4.69) is 25.4 Å². The van der Waals surface area contributed by atoms with Crippen LogP contribution in [0.1, 0.15) is 35.4 Å². The number of carbonyl (C=O) groups is 1. The minimum atomic E-state index is -0.476. The number of fused-ring (bicyclic) bond motifs is 3. The van der Waals surface area contributed by atoms with Gasteiger partial charge in [-0.05, 0) is 62.9 Å². The van der Waals surface area contributed by atoms with Gasteiger partial charge in [-0.3, -0.25) is 15.0 Å². The third-order valence-corrected chi connectivity index (χ3v) is 8.04. The summed E-state index contributed by atoms with van der Waals surface area (Å²) in [6.45, 7) is 4.69. The predicted molar refractivity (Wildman–Crippen MR) is 131 cm³/mol. The molecule has 5 heterocycles. The Morgan fingerprint density at radius 3 is 2.83 bits per heavy atom. The fourth-order valence-corrected chi connectivity index (χ4v) is 6.22. The number of H-pyrrole nitrogens is 1. The zero-order valence-corrected chi connectivity index (χ0v) is 20.3. The number of aromatic amines is 1. The number of hydrogen-bond donors (Lipinski definition) is 2. The Morgan fingerprint density at radius 2 is 2.06 bits per heavy atom. The van der Waals surface area contributed by atoms with Crippen LogP contribution in [0.15, 0.2) is 36.5 Å². The van der Waals surface area contributed by atoms with Crippen molar-refractivity contribution in [2.24, 2.45) is 5.92 Å². The minimum absolute atomic E-state index is 0.0276. The van der Waals surface area contributed by atoms with Crippen LogP contribution in [0, 0.1) is 24.5 Å². The van der Waals surface area contributed by atoms with E-state index in [1.807, 2.05) is 24.0 Å². The lowest BCUT2D eigenvalue weighted by molar-refractivity contribution is 0.133. The Bertz CT molecular complexity index is 1260. The van der Waals surface area contributed by atoms with Crippen LogP contribution in [-0.4, -0.2) is 62.7 Å². The highest BCUT2D eigenvalue weighted by Crippen LogP contribution is 2.36. The lowest BCUT2D eigenvalue weighted by Crippen LogP contribution is -2.55. The zero-order valence-electron chi connectivity index (χ0n) is 20.3. The molecule has 2 bridgehead atoms. The largest absolute Gasteiger partial charge is 0.334 e. The zero-order chi connectivity index (χ0) is 24.8. The minimum Gasteiger partial charge on any atom is -0.334 e. The SMILES string of the molecule is Cc1cc(-c2n[nH]c3c2CN(C(=O)N[C@@H]2CC4CCN(C2)C4Cc2c(F)cccc2F)CC3)ccn1. The Labute approximate surface area is 208 Å². The standard InChI is InChI=1S/C27H30F2N6O/c1-16-11-18(5-8-30-16)26-21-15-35(10-7-24(21)32-33-26)27(36)31-19-12-17-6-9-34(14-19)25(17)13-20-22(28)3-2-4-23(20)29/h2-5,8,11,17,19,25H,6-7,9-10,12-15H2,1H3,(H,31,36)(H,32,33)/t17?,19-,25?/m1/s1. The van der Waals surface area contributed by atoms with Crippen molar-refractivity contribution in [1.82, 2.24) is 30.3 Å². The summed E-state index contributed by atoms with van der Waals surface area (Å²) in [5.41, 5.74) is 5.10. The number of urea groups is 1. The molecule has 3 aliphatic rings. The summed E-state index contributed by atoms with van der Waals surface area (Å²) in [6, 6.07) is 8.08. The quantitative estimate of drug-likeness (QED) is 0.581. The van der Waals surface area contributed by atoms with Gasteiger partial charge in [0.25, 0.3) is 0 Å². The average Bonchev–Trinajstić information content (AvgIpc) is 3.38. The summed E-state index contributed by atoms with van der Waals surface area (Å²) < 4.78 is 28.5. The van der Waals surface area contributed by atoms with Crippen LogP contribution >= 0.6 is 0 Å². The normalized spacial score (nSPS) is 25.0. The van der Waals surface area contributed by atoms with Crippen LogP contribution in [0.3, 0.4) is 0 Å². The van der Waals surface area contributed by atoms with Crippen LogP contribution in [-0.2, 0) is 19.4 Å². The molecule has 7 nitrogen and oxygen atoms in total. The van der Waals surface area contributed by atoms with Crippen molar-refractivity contribution >= 4 is 6.03 Å². The Balaban J connectivity index is 1.11. The summed E-state index contributed by atoms with van der Waals surface area (Å²) in [4.78, 5) is 21.7. The van der Waals surface area contributed by atoms with E-state index in [1.54, 1.807) is 6.20 Å². The molecular formula is C27H30F2N6O. The van der Waals surface area contributed by atoms with Crippen LogP contribution < -0.4 is 5.32 Å². The fraction of sp³-hybridized carbons (Fsp3) is 0.444. The summed E-state index contributed by atoms with van der Waals surface area (Å²) in [5, 5.41) is 10.9. The van der Waals surface area contributed by atoms with E-state index in [1.165, 1.54) is 18.2 Å². The number of nitrogens with zero attached hydrogens (tertiary/aromatic N) is 4. The molecule has 0 saturated carbocycles. The number of carbonyl (C=O) groups excluding carboxylic acids is 1. The molecule has 3 aromatic rings. The first-order valence-corrected chi connectivity index (χ1v) is 12.7. The first kappa shape index (κ1) is 23.1. The molecule has 36 heavy (non-hydrogen) atoms. The van der Waals surface area contributed by atoms with Crippen LogP contribution in [0.25, 0.3) is 11.3 Å². The summed E-state index contributed by atoms with van der Waals surface area (Å²) in [6.07, 6.45) is 4.70. The molecular weight excluding hydrogens is 462 g/mol. The van der Waals surface area contributed by atoms with Crippen molar-refractivity contribution in [2.45, 2.75) is 51.2 Å². The number of nitrogens with one attached hydrogen (secondary N) is 2. The van der Waals surface area contributed by atoms with Crippen LogP contribution in [0.2, 0.25) is 0 Å². The number of rotatable bonds is 4. The molecule has 2 aromatic heterocycles. The molecule has 0 aliphatic carbocycles. The van der Waals surface area contributed by atoms with Gasteiger partial charge in [-0.15, -0.1) is 0 Å². The molecule has 3 unspecified atom stereocenters. The highest BCUT2D eigenvalue weighted by Gasteiger charge is 2.42. The predicted octanol–water partition coefficient (Wildman–Crippen LogP) is 3.83. The molecule has 2 N–H and O–H groups in total. The summed E-state index contributed by atoms with van der Waals surface area (Å²) in [7, 11) is 0. The molecule has 3 aliphatic heterocycles.